The molecule has 0 atom stereocenters. The molecular weight excluding hydrogens is 366 g/mol. The second kappa shape index (κ2) is 7.80. The highest BCUT2D eigenvalue weighted by atomic mass is 35.5. The molecule has 27 heavy (non-hydrogen) atoms. The van der Waals surface area contributed by atoms with E-state index in [0.29, 0.717) is 29.2 Å². The molecule has 1 aliphatic rings. The molecule has 0 bridgehead atoms. The van der Waals surface area contributed by atoms with Gasteiger partial charge in [0.15, 0.2) is 0 Å². The maximum atomic E-state index is 12.3. The van der Waals surface area contributed by atoms with Crippen LogP contribution in [0.5, 0.6) is 0 Å². The summed E-state index contributed by atoms with van der Waals surface area (Å²) in [5.74, 6) is -0.686. The van der Waals surface area contributed by atoms with Crippen molar-refractivity contribution in [3.8, 4) is 0 Å². The number of carbonyl (C=O) groups is 3. The monoisotopic (exact) mass is 385 g/mol. The van der Waals surface area contributed by atoms with E-state index < -0.39 is 0 Å². The zero-order valence-corrected chi connectivity index (χ0v) is 15.9. The molecule has 0 unspecified atom stereocenters. The number of hydrogen-bond donors (Lipinski definition) is 2. The molecule has 7 heteroatoms. The molecule has 3 amide bonds. The van der Waals surface area contributed by atoms with Crippen molar-refractivity contribution in [1.29, 1.82) is 0 Å². The van der Waals surface area contributed by atoms with Gasteiger partial charge in [0, 0.05) is 35.4 Å². The van der Waals surface area contributed by atoms with Gasteiger partial charge in [-0.1, -0.05) is 17.7 Å². The van der Waals surface area contributed by atoms with Crippen molar-refractivity contribution in [2.45, 2.75) is 20.3 Å². The minimum absolute atomic E-state index is 0.0149. The number of benzene rings is 2. The number of fused-ring (bicyclic) bond motifs is 1. The van der Waals surface area contributed by atoms with Crippen molar-refractivity contribution in [1.82, 2.24) is 5.32 Å². The second-order valence-electron chi connectivity index (χ2n) is 6.41. The average molecular weight is 386 g/mol. The Bertz CT molecular complexity index is 927. The van der Waals surface area contributed by atoms with Crippen LogP contribution in [0, 0.1) is 6.92 Å². The normalized spacial score (nSPS) is 12.5. The fraction of sp³-hybridized carbons (Fsp3) is 0.250. The van der Waals surface area contributed by atoms with Crippen LogP contribution in [0.2, 0.25) is 5.02 Å². The number of nitrogens with zero attached hydrogens (tertiary/aromatic N) is 1. The molecule has 2 aromatic rings. The van der Waals surface area contributed by atoms with E-state index in [1.54, 1.807) is 41.3 Å². The van der Waals surface area contributed by atoms with Gasteiger partial charge in [0.05, 0.1) is 6.54 Å². The van der Waals surface area contributed by atoms with Crippen molar-refractivity contribution < 1.29 is 14.4 Å². The van der Waals surface area contributed by atoms with Gasteiger partial charge in [-0.15, -0.1) is 0 Å². The van der Waals surface area contributed by atoms with Crippen LogP contribution < -0.4 is 15.5 Å². The largest absolute Gasteiger partial charge is 0.343 e. The van der Waals surface area contributed by atoms with Gasteiger partial charge >= 0.3 is 0 Å². The molecule has 1 aliphatic heterocycles. The fourth-order valence-electron chi connectivity index (χ4n) is 3.07. The molecule has 2 N–H and O–H groups in total. The Morgan fingerprint density at radius 3 is 2.70 bits per heavy atom. The third-order valence-corrected chi connectivity index (χ3v) is 4.98. The van der Waals surface area contributed by atoms with Crippen molar-refractivity contribution in [2.75, 3.05) is 23.3 Å². The maximum absolute atomic E-state index is 12.3. The van der Waals surface area contributed by atoms with Gasteiger partial charge in [-0.05, 0) is 54.8 Å². The van der Waals surface area contributed by atoms with Crippen LogP contribution in [0.1, 0.15) is 28.4 Å². The summed E-state index contributed by atoms with van der Waals surface area (Å²) >= 11 is 6.04. The standard InChI is InChI=1S/C20H20ClN3O3/c1-12-16(21)4-3-5-17(12)23-19(26)11-22-20(27)15-6-7-18-14(10-15)8-9-24(18)13(2)25/h3-7,10H,8-9,11H2,1-2H3,(H,22,27)(H,23,26). The lowest BCUT2D eigenvalue weighted by atomic mass is 10.1. The van der Waals surface area contributed by atoms with Crippen LogP contribution in [0.4, 0.5) is 11.4 Å². The highest BCUT2D eigenvalue weighted by Gasteiger charge is 2.23. The van der Waals surface area contributed by atoms with Gasteiger partial charge in [-0.3, -0.25) is 14.4 Å². The first-order valence-corrected chi connectivity index (χ1v) is 8.99. The molecule has 0 fully saturated rings. The quantitative estimate of drug-likeness (QED) is 0.849. The predicted octanol–water partition coefficient (Wildman–Crippen LogP) is 2.93. The average Bonchev–Trinajstić information content (AvgIpc) is 3.07. The van der Waals surface area contributed by atoms with E-state index in [1.165, 1.54) is 6.92 Å². The van der Waals surface area contributed by atoms with Gasteiger partial charge in [0.1, 0.15) is 0 Å². The van der Waals surface area contributed by atoms with Gasteiger partial charge in [0.2, 0.25) is 11.8 Å². The summed E-state index contributed by atoms with van der Waals surface area (Å²) in [5.41, 5.74) is 3.65. The Morgan fingerprint density at radius 2 is 1.96 bits per heavy atom. The number of amides is 3. The number of hydrogen-bond acceptors (Lipinski definition) is 3. The first kappa shape index (κ1) is 18.9. The van der Waals surface area contributed by atoms with Crippen LogP contribution in [-0.2, 0) is 16.0 Å². The molecule has 140 valence electrons. The van der Waals surface area contributed by atoms with Crippen LogP contribution in [0.25, 0.3) is 0 Å². The molecule has 0 radical (unpaired) electrons. The van der Waals surface area contributed by atoms with E-state index in [2.05, 4.69) is 10.6 Å². The number of nitrogens with one attached hydrogen (secondary N) is 2. The molecular formula is C20H20ClN3O3. The van der Waals surface area contributed by atoms with Gasteiger partial charge < -0.3 is 15.5 Å². The Labute approximate surface area is 162 Å². The molecule has 0 saturated carbocycles. The van der Waals surface area contributed by atoms with E-state index in [0.717, 1.165) is 16.8 Å². The number of rotatable bonds is 4. The molecule has 0 spiro atoms. The summed E-state index contributed by atoms with van der Waals surface area (Å²) in [6, 6.07) is 10.4. The minimum atomic E-state index is -0.336. The van der Waals surface area contributed by atoms with E-state index in [4.69, 9.17) is 11.6 Å². The van der Waals surface area contributed by atoms with Crippen LogP contribution in [-0.4, -0.2) is 30.8 Å². The molecule has 0 aromatic heterocycles. The predicted molar refractivity (Wildman–Crippen MR) is 105 cm³/mol. The van der Waals surface area contributed by atoms with E-state index >= 15 is 0 Å². The van der Waals surface area contributed by atoms with Crippen LogP contribution >= 0.6 is 11.6 Å². The van der Waals surface area contributed by atoms with Crippen LogP contribution in [0.3, 0.4) is 0 Å². The summed E-state index contributed by atoms with van der Waals surface area (Å²) in [5, 5.41) is 5.91. The molecule has 0 aliphatic carbocycles. The topological polar surface area (TPSA) is 78.5 Å². The number of carbonyl (C=O) groups excluding carboxylic acids is 3. The number of anilines is 2. The first-order chi connectivity index (χ1) is 12.9. The zero-order valence-electron chi connectivity index (χ0n) is 15.1. The molecule has 0 saturated heterocycles. The Kier molecular flexibility index (Phi) is 5.46. The van der Waals surface area contributed by atoms with Gasteiger partial charge in [0.25, 0.3) is 5.91 Å². The highest BCUT2D eigenvalue weighted by molar-refractivity contribution is 6.31. The van der Waals surface area contributed by atoms with Gasteiger partial charge in [-0.25, -0.2) is 0 Å². The third-order valence-electron chi connectivity index (χ3n) is 4.57. The summed E-state index contributed by atoms with van der Waals surface area (Å²) < 4.78 is 0. The number of halogens is 1. The van der Waals surface area contributed by atoms with E-state index in [9.17, 15) is 14.4 Å². The summed E-state index contributed by atoms with van der Waals surface area (Å²) in [6.07, 6.45) is 0.713. The van der Waals surface area contributed by atoms with E-state index in [-0.39, 0.29) is 24.3 Å². The molecule has 6 nitrogen and oxygen atoms in total. The van der Waals surface area contributed by atoms with Gasteiger partial charge in [-0.2, -0.15) is 0 Å². The Morgan fingerprint density at radius 1 is 1.19 bits per heavy atom. The SMILES string of the molecule is CC(=O)N1CCc2cc(C(=O)NCC(=O)Nc3cccc(Cl)c3C)ccc21. The van der Waals surface area contributed by atoms with Crippen LogP contribution in [0.15, 0.2) is 36.4 Å². The Hall–Kier alpha value is -2.86. The third kappa shape index (κ3) is 4.11. The lowest BCUT2D eigenvalue weighted by Gasteiger charge is -2.15. The molecule has 2 aromatic carbocycles. The van der Waals surface area contributed by atoms with Crippen molar-refractivity contribution in [3.05, 3.63) is 58.1 Å². The minimum Gasteiger partial charge on any atom is -0.343 e. The fourth-order valence-corrected chi connectivity index (χ4v) is 3.24. The Balaban J connectivity index is 1.60. The van der Waals surface area contributed by atoms with Crippen molar-refractivity contribution in [2.24, 2.45) is 0 Å². The lowest BCUT2D eigenvalue weighted by molar-refractivity contribution is -0.116. The van der Waals surface area contributed by atoms with E-state index in [1.807, 2.05) is 6.92 Å². The summed E-state index contributed by atoms with van der Waals surface area (Å²) in [7, 11) is 0. The van der Waals surface area contributed by atoms with Crippen molar-refractivity contribution in [3.63, 3.8) is 0 Å². The lowest BCUT2D eigenvalue weighted by Crippen LogP contribution is -2.33. The first-order valence-electron chi connectivity index (χ1n) is 8.61. The summed E-state index contributed by atoms with van der Waals surface area (Å²) in [4.78, 5) is 37.7. The summed E-state index contributed by atoms with van der Waals surface area (Å²) in [6.45, 7) is 3.81. The zero-order chi connectivity index (χ0) is 19.6. The highest BCUT2D eigenvalue weighted by Crippen LogP contribution is 2.29. The molecule has 1 heterocycles. The smallest absolute Gasteiger partial charge is 0.251 e. The second-order valence-corrected chi connectivity index (χ2v) is 6.81. The maximum Gasteiger partial charge on any atom is 0.251 e. The van der Waals surface area contributed by atoms with Crippen molar-refractivity contribution >= 4 is 40.7 Å². The molecule has 3 rings (SSSR count).